The molecule has 1 aromatic heterocycles. The first kappa shape index (κ1) is 12.2. The molecule has 0 spiro atoms. The smallest absolute Gasteiger partial charge is 0.178 e. The summed E-state index contributed by atoms with van der Waals surface area (Å²) < 4.78 is 5.19. The number of hydrogen-bond donors (Lipinski definition) is 1. The van der Waals surface area contributed by atoms with Gasteiger partial charge in [-0.2, -0.15) is 0 Å². The van der Waals surface area contributed by atoms with Crippen molar-refractivity contribution in [2.24, 2.45) is 0 Å². The standard InChI is InChI=1S/C13H14BrNO2/c1-7(14)13(16)12-8(2)15-11-5-4-9(17-3)6-10(11)12/h4-7,15H,1-3H3/t7-/m0/s1. The number of ether oxygens (including phenoxy) is 1. The molecule has 4 heteroatoms. The van der Waals surface area contributed by atoms with Crippen molar-refractivity contribution in [2.75, 3.05) is 7.11 Å². The van der Waals surface area contributed by atoms with Crippen LogP contribution in [0.4, 0.5) is 0 Å². The van der Waals surface area contributed by atoms with E-state index in [1.165, 1.54) is 0 Å². The van der Waals surface area contributed by atoms with Gasteiger partial charge in [0.2, 0.25) is 0 Å². The lowest BCUT2D eigenvalue weighted by Gasteiger charge is -2.04. The van der Waals surface area contributed by atoms with Crippen LogP contribution in [0.3, 0.4) is 0 Å². The highest BCUT2D eigenvalue weighted by atomic mass is 79.9. The number of hydrogen-bond acceptors (Lipinski definition) is 2. The molecule has 1 aromatic carbocycles. The molecule has 2 aromatic rings. The van der Waals surface area contributed by atoms with Gasteiger partial charge in [-0.15, -0.1) is 0 Å². The van der Waals surface area contributed by atoms with Gasteiger partial charge < -0.3 is 9.72 Å². The highest BCUT2D eigenvalue weighted by Gasteiger charge is 2.19. The molecule has 1 N–H and O–H groups in total. The van der Waals surface area contributed by atoms with Gasteiger partial charge in [-0.05, 0) is 32.0 Å². The summed E-state index contributed by atoms with van der Waals surface area (Å²) in [4.78, 5) is 15.2. The fourth-order valence-electron chi connectivity index (χ4n) is 1.95. The second-order valence-electron chi connectivity index (χ2n) is 4.02. The number of halogens is 1. The maximum absolute atomic E-state index is 12.1. The first-order valence-electron chi connectivity index (χ1n) is 5.39. The molecular formula is C13H14BrNO2. The van der Waals surface area contributed by atoms with Crippen LogP contribution in [0, 0.1) is 6.92 Å². The van der Waals surface area contributed by atoms with E-state index in [1.54, 1.807) is 7.11 Å². The summed E-state index contributed by atoms with van der Waals surface area (Å²) >= 11 is 3.32. The Morgan fingerprint density at radius 2 is 2.18 bits per heavy atom. The number of alkyl halides is 1. The van der Waals surface area contributed by atoms with Crippen LogP contribution in [-0.4, -0.2) is 22.7 Å². The van der Waals surface area contributed by atoms with Crippen LogP contribution in [0.5, 0.6) is 5.75 Å². The molecule has 0 aliphatic carbocycles. The summed E-state index contributed by atoms with van der Waals surface area (Å²) in [7, 11) is 1.62. The van der Waals surface area contributed by atoms with Crippen molar-refractivity contribution in [3.05, 3.63) is 29.5 Å². The normalized spacial score (nSPS) is 12.7. The lowest BCUT2D eigenvalue weighted by Crippen LogP contribution is -2.10. The largest absolute Gasteiger partial charge is 0.497 e. The third-order valence-electron chi connectivity index (χ3n) is 2.80. The Morgan fingerprint density at radius 3 is 2.76 bits per heavy atom. The summed E-state index contributed by atoms with van der Waals surface area (Å²) in [6.45, 7) is 3.75. The monoisotopic (exact) mass is 295 g/mol. The SMILES string of the molecule is COc1ccc2[nH]c(C)c(C(=O)[C@H](C)Br)c2c1. The molecule has 1 heterocycles. The number of H-pyrrole nitrogens is 1. The lowest BCUT2D eigenvalue weighted by atomic mass is 10.0. The highest BCUT2D eigenvalue weighted by Crippen LogP contribution is 2.28. The molecule has 0 unspecified atom stereocenters. The Balaban J connectivity index is 2.68. The van der Waals surface area contributed by atoms with E-state index >= 15 is 0 Å². The third-order valence-corrected chi connectivity index (χ3v) is 3.22. The fourth-order valence-corrected chi connectivity index (χ4v) is 2.18. The quantitative estimate of drug-likeness (QED) is 0.696. The molecule has 0 radical (unpaired) electrons. The van der Waals surface area contributed by atoms with Gasteiger partial charge in [0.1, 0.15) is 5.75 Å². The minimum atomic E-state index is -0.189. The topological polar surface area (TPSA) is 42.1 Å². The zero-order valence-corrected chi connectivity index (χ0v) is 11.6. The number of aromatic nitrogens is 1. The number of Topliss-reactive ketones (excluding diaryl/α,β-unsaturated/α-hetero) is 1. The molecule has 0 amide bonds. The maximum Gasteiger partial charge on any atom is 0.178 e. The zero-order valence-electron chi connectivity index (χ0n) is 10.0. The number of nitrogens with one attached hydrogen (secondary N) is 1. The van der Waals surface area contributed by atoms with Gasteiger partial charge >= 0.3 is 0 Å². The number of fused-ring (bicyclic) bond motifs is 1. The second-order valence-corrected chi connectivity index (χ2v) is 5.39. The molecule has 3 nitrogen and oxygen atoms in total. The molecule has 0 aliphatic heterocycles. The summed E-state index contributed by atoms with van der Waals surface area (Å²) in [6, 6.07) is 5.70. The Kier molecular flexibility index (Phi) is 3.24. The summed E-state index contributed by atoms with van der Waals surface area (Å²) in [5.41, 5.74) is 2.59. The number of aromatic amines is 1. The van der Waals surface area contributed by atoms with E-state index in [9.17, 15) is 4.79 Å². The molecule has 0 bridgehead atoms. The fraction of sp³-hybridized carbons (Fsp3) is 0.308. The van der Waals surface area contributed by atoms with Crippen molar-refractivity contribution in [1.29, 1.82) is 0 Å². The van der Waals surface area contributed by atoms with Crippen molar-refractivity contribution in [2.45, 2.75) is 18.7 Å². The number of carbonyl (C=O) groups excluding carboxylic acids is 1. The van der Waals surface area contributed by atoms with Gasteiger partial charge in [-0.3, -0.25) is 4.79 Å². The van der Waals surface area contributed by atoms with Crippen molar-refractivity contribution < 1.29 is 9.53 Å². The molecule has 0 saturated heterocycles. The maximum atomic E-state index is 12.1. The number of carbonyl (C=O) groups is 1. The summed E-state index contributed by atoms with van der Waals surface area (Å²) in [6.07, 6.45) is 0. The minimum Gasteiger partial charge on any atom is -0.497 e. The Labute approximate surface area is 108 Å². The number of methoxy groups -OCH3 is 1. The van der Waals surface area contributed by atoms with Crippen LogP contribution in [-0.2, 0) is 0 Å². The lowest BCUT2D eigenvalue weighted by molar-refractivity contribution is 0.0997. The van der Waals surface area contributed by atoms with E-state index in [1.807, 2.05) is 32.0 Å². The molecule has 0 saturated carbocycles. The number of ketones is 1. The predicted molar refractivity (Wildman–Crippen MR) is 72.3 cm³/mol. The Morgan fingerprint density at radius 1 is 1.47 bits per heavy atom. The first-order valence-corrected chi connectivity index (χ1v) is 6.30. The zero-order chi connectivity index (χ0) is 12.6. The second kappa shape index (κ2) is 4.53. The van der Waals surface area contributed by atoms with Gasteiger partial charge in [0, 0.05) is 22.2 Å². The molecule has 17 heavy (non-hydrogen) atoms. The van der Waals surface area contributed by atoms with Crippen LogP contribution >= 0.6 is 15.9 Å². The first-order chi connectivity index (χ1) is 8.04. The average Bonchev–Trinajstić information content (AvgIpc) is 2.62. The molecule has 1 atom stereocenters. The minimum absolute atomic E-state index is 0.0852. The van der Waals surface area contributed by atoms with Gasteiger partial charge in [0.05, 0.1) is 11.9 Å². The van der Waals surface area contributed by atoms with E-state index in [2.05, 4.69) is 20.9 Å². The van der Waals surface area contributed by atoms with Crippen molar-refractivity contribution in [1.82, 2.24) is 4.98 Å². The van der Waals surface area contributed by atoms with Crippen LogP contribution < -0.4 is 4.74 Å². The molecule has 0 aliphatic rings. The van der Waals surface area contributed by atoms with E-state index in [4.69, 9.17) is 4.74 Å². The van der Waals surface area contributed by atoms with Crippen LogP contribution in [0.15, 0.2) is 18.2 Å². The predicted octanol–water partition coefficient (Wildman–Crippen LogP) is 3.45. The van der Waals surface area contributed by atoms with Crippen molar-refractivity contribution in [3.63, 3.8) is 0 Å². The Bertz CT molecular complexity index is 572. The van der Waals surface area contributed by atoms with Gasteiger partial charge in [-0.25, -0.2) is 0 Å². The van der Waals surface area contributed by atoms with Crippen molar-refractivity contribution in [3.8, 4) is 5.75 Å². The van der Waals surface area contributed by atoms with Crippen LogP contribution in [0.1, 0.15) is 23.0 Å². The highest BCUT2D eigenvalue weighted by molar-refractivity contribution is 9.10. The Hall–Kier alpha value is -1.29. The van der Waals surface area contributed by atoms with Crippen molar-refractivity contribution >= 4 is 32.6 Å². The third kappa shape index (κ3) is 2.09. The van der Waals surface area contributed by atoms with E-state index < -0.39 is 0 Å². The molecular weight excluding hydrogens is 282 g/mol. The van der Waals surface area contributed by atoms with E-state index in [-0.39, 0.29) is 10.6 Å². The van der Waals surface area contributed by atoms with Crippen LogP contribution in [0.2, 0.25) is 0 Å². The van der Waals surface area contributed by atoms with Gasteiger partial charge in [-0.1, -0.05) is 15.9 Å². The number of aryl methyl sites for hydroxylation is 1. The molecule has 0 fully saturated rings. The molecule has 2 rings (SSSR count). The average molecular weight is 296 g/mol. The van der Waals surface area contributed by atoms with Gasteiger partial charge in [0.25, 0.3) is 0 Å². The van der Waals surface area contributed by atoms with E-state index in [0.717, 1.165) is 27.9 Å². The molecule has 90 valence electrons. The summed E-state index contributed by atoms with van der Waals surface area (Å²) in [5, 5.41) is 0.915. The van der Waals surface area contributed by atoms with Gasteiger partial charge in [0.15, 0.2) is 5.78 Å². The number of benzene rings is 1. The summed E-state index contributed by atoms with van der Waals surface area (Å²) in [5.74, 6) is 0.842. The van der Waals surface area contributed by atoms with Crippen LogP contribution in [0.25, 0.3) is 10.9 Å². The number of rotatable bonds is 3. The van der Waals surface area contributed by atoms with E-state index in [0.29, 0.717) is 0 Å².